The first kappa shape index (κ1) is 43.2. The summed E-state index contributed by atoms with van der Waals surface area (Å²) in [6.07, 6.45) is 0.295. The van der Waals surface area contributed by atoms with Crippen molar-refractivity contribution >= 4 is 41.4 Å². The first-order valence-electron chi connectivity index (χ1n) is 18.8. The molecule has 4 N–H and O–H groups in total. The number of likely N-dealkylation sites (tertiary alicyclic amines) is 1. The quantitative estimate of drug-likeness (QED) is 0.215. The predicted molar refractivity (Wildman–Crippen MR) is 200 cm³/mol. The second kappa shape index (κ2) is 17.1. The first-order valence-corrected chi connectivity index (χ1v) is 18.8. The van der Waals surface area contributed by atoms with Gasteiger partial charge in [0, 0.05) is 14.1 Å². The van der Waals surface area contributed by atoms with Crippen LogP contribution < -0.4 is 21.3 Å². The number of carbonyl (C=O) groups is 7. The Balaban J connectivity index is 1.52. The molecule has 55 heavy (non-hydrogen) atoms. The number of fused-ring (bicyclic) bond motifs is 1. The highest BCUT2D eigenvalue weighted by molar-refractivity contribution is 6.38. The Morgan fingerprint density at radius 2 is 1.56 bits per heavy atom. The van der Waals surface area contributed by atoms with Crippen LogP contribution in [0.1, 0.15) is 92.7 Å². The van der Waals surface area contributed by atoms with E-state index in [2.05, 4.69) is 21.3 Å². The molecule has 4 rings (SSSR count). The Labute approximate surface area is 323 Å². The van der Waals surface area contributed by atoms with E-state index in [9.17, 15) is 33.6 Å². The summed E-state index contributed by atoms with van der Waals surface area (Å²) in [7, 11) is 3.11. The van der Waals surface area contributed by atoms with Gasteiger partial charge in [-0.15, -0.1) is 0 Å². The van der Waals surface area contributed by atoms with Crippen LogP contribution in [0.25, 0.3) is 0 Å². The predicted octanol–water partition coefficient (Wildman–Crippen LogP) is 1.96. The fourth-order valence-corrected chi connectivity index (χ4v) is 6.87. The van der Waals surface area contributed by atoms with Crippen LogP contribution in [-0.4, -0.2) is 120 Å². The highest BCUT2D eigenvalue weighted by Gasteiger charge is 2.58. The molecule has 0 unspecified atom stereocenters. The molecule has 0 radical (unpaired) electrons. The number of rotatable bonds is 13. The lowest BCUT2D eigenvalue weighted by molar-refractivity contribution is -0.171. The molecule has 0 aromatic heterocycles. The minimum Gasteiger partial charge on any atom is -0.444 e. The van der Waals surface area contributed by atoms with Crippen molar-refractivity contribution in [3.8, 4) is 0 Å². The number of likely N-dealkylation sites (N-methyl/N-ethyl adjacent to an activating group) is 1. The third-order valence-electron chi connectivity index (χ3n) is 9.76. The summed E-state index contributed by atoms with van der Waals surface area (Å²) < 4.78 is 17.6. The summed E-state index contributed by atoms with van der Waals surface area (Å²) >= 11 is 0. The van der Waals surface area contributed by atoms with Crippen molar-refractivity contribution in [3.63, 3.8) is 0 Å². The van der Waals surface area contributed by atoms with Crippen LogP contribution in [0.2, 0.25) is 0 Å². The van der Waals surface area contributed by atoms with Crippen molar-refractivity contribution in [2.45, 2.75) is 129 Å². The van der Waals surface area contributed by atoms with Gasteiger partial charge in [-0.05, 0) is 57.9 Å². The number of amides is 6. The van der Waals surface area contributed by atoms with Crippen molar-refractivity contribution in [3.05, 3.63) is 35.9 Å². The molecular weight excluding hydrogens is 712 g/mol. The van der Waals surface area contributed by atoms with Gasteiger partial charge in [0.25, 0.3) is 5.91 Å². The van der Waals surface area contributed by atoms with Crippen LogP contribution in [-0.2, 0) is 43.0 Å². The maximum atomic E-state index is 14.3. The molecule has 2 aliphatic heterocycles. The average Bonchev–Trinajstić information content (AvgIpc) is 3.55. The summed E-state index contributed by atoms with van der Waals surface area (Å²) in [5.74, 6) is -5.47. The van der Waals surface area contributed by atoms with E-state index in [1.54, 1.807) is 99.8 Å². The van der Waals surface area contributed by atoms with Gasteiger partial charge in [-0.2, -0.15) is 0 Å². The summed E-state index contributed by atoms with van der Waals surface area (Å²) in [5, 5.41) is 10.4. The molecule has 1 aliphatic carbocycles. The Kier molecular flexibility index (Phi) is 13.4. The lowest BCUT2D eigenvalue weighted by atomic mass is 9.80. The number of benzene rings is 1. The Bertz CT molecular complexity index is 1610. The second-order valence-electron chi connectivity index (χ2n) is 17.3. The lowest BCUT2D eigenvalue weighted by Crippen LogP contribution is -2.61. The normalized spacial score (nSPS) is 22.2. The molecule has 3 fully saturated rings. The number of Topliss-reactive ketones (excluding diaryl/α,β-unsaturated/α-hetero) is 1. The zero-order valence-electron chi connectivity index (χ0n) is 33.6. The Morgan fingerprint density at radius 1 is 0.927 bits per heavy atom. The summed E-state index contributed by atoms with van der Waals surface area (Å²) in [6.45, 7) is 13.1. The van der Waals surface area contributed by atoms with Crippen LogP contribution in [0, 0.1) is 11.3 Å². The number of carbonyl (C=O) groups excluding carboxylic acids is 7. The van der Waals surface area contributed by atoms with Crippen LogP contribution in [0.3, 0.4) is 0 Å². The smallest absolute Gasteiger partial charge is 0.408 e. The number of ketones is 1. The number of alkyl carbamates (subject to hydrolysis) is 1. The van der Waals surface area contributed by atoms with Crippen LogP contribution in [0.4, 0.5) is 4.79 Å². The minimum absolute atomic E-state index is 0.0370. The lowest BCUT2D eigenvalue weighted by Gasteiger charge is -2.37. The Hall–Kier alpha value is -4.57. The van der Waals surface area contributed by atoms with Crippen molar-refractivity contribution in [1.82, 2.24) is 31.1 Å². The van der Waals surface area contributed by atoms with Crippen molar-refractivity contribution in [1.29, 1.82) is 0 Å². The highest BCUT2D eigenvalue weighted by Crippen LogP contribution is 2.38. The molecule has 304 valence electrons. The van der Waals surface area contributed by atoms with Gasteiger partial charge in [0.1, 0.15) is 35.9 Å². The molecule has 16 nitrogen and oxygen atoms in total. The largest absolute Gasteiger partial charge is 0.444 e. The molecule has 0 bridgehead atoms. The maximum absolute atomic E-state index is 14.3. The van der Waals surface area contributed by atoms with E-state index in [1.807, 2.05) is 0 Å². The van der Waals surface area contributed by atoms with Gasteiger partial charge in [0.15, 0.2) is 5.79 Å². The van der Waals surface area contributed by atoms with E-state index in [0.717, 1.165) is 19.3 Å². The van der Waals surface area contributed by atoms with Gasteiger partial charge in [0.05, 0.1) is 19.1 Å². The van der Waals surface area contributed by atoms with Crippen molar-refractivity contribution in [2.24, 2.45) is 11.3 Å². The molecular formula is C39H58N6O10. The third-order valence-corrected chi connectivity index (χ3v) is 9.76. The van der Waals surface area contributed by atoms with Gasteiger partial charge >= 0.3 is 6.09 Å². The Morgan fingerprint density at radius 3 is 2.11 bits per heavy atom. The van der Waals surface area contributed by atoms with Gasteiger partial charge in [-0.1, -0.05) is 70.4 Å². The molecule has 6 amide bonds. The number of hydrogen-bond acceptors (Lipinski definition) is 10. The fraction of sp³-hybridized carbons (Fsp3) is 0.667. The van der Waals surface area contributed by atoms with E-state index >= 15 is 0 Å². The molecule has 0 spiro atoms. The monoisotopic (exact) mass is 770 g/mol. The fourth-order valence-electron chi connectivity index (χ4n) is 6.87. The minimum atomic E-state index is -1.28. The number of hydrogen-bond donors (Lipinski definition) is 4. The SMILES string of the molecule is CN(C)C(=O)[C@@H](NC(=O)CNC(=O)C(=O)[C@H](CC1CCC1)NC(=O)[C@@H]1[C@H]2OC(C)(C)O[C@H]2CN1C(=O)[C@@H](NC(=O)OC(C)(C)C)C(C)(C)C)c1ccccc1. The molecule has 2 saturated heterocycles. The molecule has 1 aromatic carbocycles. The molecule has 1 saturated carbocycles. The van der Waals surface area contributed by atoms with Gasteiger partial charge in [-0.25, -0.2) is 4.79 Å². The van der Waals surface area contributed by atoms with E-state index in [1.165, 1.54) is 9.80 Å². The van der Waals surface area contributed by atoms with E-state index in [4.69, 9.17) is 14.2 Å². The van der Waals surface area contributed by atoms with Gasteiger partial charge in [-0.3, -0.25) is 28.8 Å². The second-order valence-corrected chi connectivity index (χ2v) is 17.3. The molecule has 6 atom stereocenters. The summed E-state index contributed by atoms with van der Waals surface area (Å²) in [5.41, 5.74) is -1.11. The molecule has 16 heteroatoms. The van der Waals surface area contributed by atoms with Crippen molar-refractivity contribution < 1.29 is 47.8 Å². The summed E-state index contributed by atoms with van der Waals surface area (Å²) in [6, 6.07) is 3.90. The zero-order valence-corrected chi connectivity index (χ0v) is 33.6. The van der Waals surface area contributed by atoms with E-state index < -0.39 is 95.2 Å². The summed E-state index contributed by atoms with van der Waals surface area (Å²) in [4.78, 5) is 97.0. The third kappa shape index (κ3) is 11.2. The highest BCUT2D eigenvalue weighted by atomic mass is 16.8. The van der Waals surface area contributed by atoms with E-state index in [0.29, 0.717) is 5.56 Å². The van der Waals surface area contributed by atoms with Crippen LogP contribution in [0.5, 0.6) is 0 Å². The number of nitrogens with one attached hydrogen (secondary N) is 4. The van der Waals surface area contributed by atoms with Gasteiger partial charge < -0.3 is 45.3 Å². The zero-order chi connectivity index (χ0) is 41.0. The van der Waals surface area contributed by atoms with Crippen LogP contribution in [0.15, 0.2) is 30.3 Å². The standard InChI is InChI=1S/C39H58N6O10/c1-37(2,3)31(43-36(52)55-38(4,5)6)35(51)45-21-25-30(54-39(7,8)53-25)28(45)32(48)41-24(19-22-15-14-16-22)29(47)33(49)40-20-26(46)42-27(34(50)44(9)10)23-17-12-11-13-18-23/h11-13,17-18,22,24-25,27-28,30-31H,14-16,19-21H2,1-10H3,(H,40,49)(H,41,48)(H,42,46)(H,43,52)/t24-,25-,27-,28-,30-,31+/m0/s1. The molecule has 3 aliphatic rings. The molecule has 2 heterocycles. The van der Waals surface area contributed by atoms with E-state index in [-0.39, 0.29) is 24.8 Å². The topological polar surface area (TPSA) is 202 Å². The van der Waals surface area contributed by atoms with Gasteiger partial charge in [0.2, 0.25) is 29.4 Å². The number of ether oxygens (including phenoxy) is 3. The average molecular weight is 771 g/mol. The maximum Gasteiger partial charge on any atom is 0.408 e. The van der Waals surface area contributed by atoms with Crippen LogP contribution >= 0.6 is 0 Å². The first-order chi connectivity index (χ1) is 25.5. The molecule has 1 aromatic rings. The van der Waals surface area contributed by atoms with Crippen molar-refractivity contribution in [2.75, 3.05) is 27.2 Å². The number of nitrogens with zero attached hydrogens (tertiary/aromatic N) is 2.